The van der Waals surface area contributed by atoms with Crippen molar-refractivity contribution in [2.45, 2.75) is 52.2 Å². The van der Waals surface area contributed by atoms with E-state index >= 15 is 0 Å². The first-order chi connectivity index (χ1) is 16.9. The summed E-state index contributed by atoms with van der Waals surface area (Å²) >= 11 is 6.02. The van der Waals surface area contributed by atoms with E-state index in [0.717, 1.165) is 11.1 Å². The Kier molecular flexibility index (Phi) is 8.80. The highest BCUT2D eigenvalue weighted by Gasteiger charge is 2.50. The van der Waals surface area contributed by atoms with Crippen molar-refractivity contribution in [2.75, 3.05) is 19.6 Å². The third kappa shape index (κ3) is 6.45. The molecule has 194 valence electrons. The lowest BCUT2D eigenvalue weighted by molar-refractivity contribution is -0.156. The van der Waals surface area contributed by atoms with Gasteiger partial charge in [-0.05, 0) is 35.6 Å². The molecular weight excluding hydrogens is 478 g/mol. The Morgan fingerprint density at radius 2 is 1.67 bits per heavy atom. The zero-order valence-corrected chi connectivity index (χ0v) is 22.1. The fourth-order valence-corrected chi connectivity index (χ4v) is 4.85. The number of nitrogens with zero attached hydrogens (tertiary/aromatic N) is 1. The van der Waals surface area contributed by atoms with Gasteiger partial charge in [-0.25, -0.2) is 0 Å². The maximum atomic E-state index is 13.5. The van der Waals surface area contributed by atoms with Gasteiger partial charge in [-0.15, -0.1) is 0 Å². The molecule has 0 radical (unpaired) electrons. The molecule has 1 heterocycles. The molecule has 0 aromatic heterocycles. The van der Waals surface area contributed by atoms with Crippen LogP contribution >= 0.6 is 11.6 Å². The molecule has 2 aromatic carbocycles. The van der Waals surface area contributed by atoms with Crippen LogP contribution in [0.4, 0.5) is 0 Å². The van der Waals surface area contributed by atoms with Gasteiger partial charge >= 0.3 is 0 Å². The molecule has 0 bridgehead atoms. The SMILES string of the molecule is CC(C)[C@@H](NC(=O)CNC(=O)Cc1ccccc1)C(=O)N1CC[C@](O)(c2ccc(Cl)cc2)C(C)(C)C1. The number of halogens is 1. The summed E-state index contributed by atoms with van der Waals surface area (Å²) < 4.78 is 0. The molecule has 8 heteroatoms. The van der Waals surface area contributed by atoms with Crippen molar-refractivity contribution in [3.8, 4) is 0 Å². The van der Waals surface area contributed by atoms with E-state index in [4.69, 9.17) is 11.6 Å². The van der Waals surface area contributed by atoms with Crippen LogP contribution in [0.3, 0.4) is 0 Å². The van der Waals surface area contributed by atoms with Crippen LogP contribution < -0.4 is 10.6 Å². The van der Waals surface area contributed by atoms with Gasteiger partial charge in [0.1, 0.15) is 6.04 Å². The first-order valence-electron chi connectivity index (χ1n) is 12.3. The molecule has 0 spiro atoms. The van der Waals surface area contributed by atoms with E-state index in [1.807, 2.05) is 70.2 Å². The van der Waals surface area contributed by atoms with Crippen molar-refractivity contribution in [3.63, 3.8) is 0 Å². The van der Waals surface area contributed by atoms with Gasteiger partial charge in [0, 0.05) is 23.5 Å². The third-order valence-electron chi connectivity index (χ3n) is 6.99. The predicted octanol–water partition coefficient (Wildman–Crippen LogP) is 3.29. The van der Waals surface area contributed by atoms with E-state index in [0.29, 0.717) is 24.5 Å². The fraction of sp³-hybridized carbons (Fsp3) is 0.464. The summed E-state index contributed by atoms with van der Waals surface area (Å²) in [6.45, 7) is 8.10. The van der Waals surface area contributed by atoms with Gasteiger partial charge < -0.3 is 20.6 Å². The Morgan fingerprint density at radius 3 is 2.25 bits per heavy atom. The minimum absolute atomic E-state index is 0.151. The minimum Gasteiger partial charge on any atom is -0.384 e. The first kappa shape index (κ1) is 27.7. The molecule has 7 nitrogen and oxygen atoms in total. The number of benzene rings is 2. The zero-order valence-electron chi connectivity index (χ0n) is 21.4. The Labute approximate surface area is 218 Å². The zero-order chi connectivity index (χ0) is 26.5. The Morgan fingerprint density at radius 1 is 1.03 bits per heavy atom. The van der Waals surface area contributed by atoms with Gasteiger partial charge in [0.25, 0.3) is 0 Å². The number of aliphatic hydroxyl groups is 1. The maximum Gasteiger partial charge on any atom is 0.245 e. The lowest BCUT2D eigenvalue weighted by Crippen LogP contribution is -2.61. The highest BCUT2D eigenvalue weighted by Crippen LogP contribution is 2.46. The van der Waals surface area contributed by atoms with Crippen molar-refractivity contribution in [1.82, 2.24) is 15.5 Å². The van der Waals surface area contributed by atoms with E-state index < -0.39 is 23.0 Å². The number of likely N-dealkylation sites (tertiary alicyclic amines) is 1. The Bertz CT molecular complexity index is 1070. The van der Waals surface area contributed by atoms with Crippen LogP contribution in [-0.4, -0.2) is 53.4 Å². The molecule has 1 fully saturated rings. The van der Waals surface area contributed by atoms with E-state index in [1.54, 1.807) is 17.0 Å². The third-order valence-corrected chi connectivity index (χ3v) is 7.24. The number of piperidine rings is 1. The largest absolute Gasteiger partial charge is 0.384 e. The molecule has 2 atom stereocenters. The predicted molar refractivity (Wildman–Crippen MR) is 140 cm³/mol. The van der Waals surface area contributed by atoms with E-state index in [1.165, 1.54) is 0 Å². The number of amides is 3. The minimum atomic E-state index is -1.12. The van der Waals surface area contributed by atoms with Gasteiger partial charge in [0.05, 0.1) is 18.6 Å². The number of hydrogen-bond acceptors (Lipinski definition) is 4. The summed E-state index contributed by atoms with van der Waals surface area (Å²) in [7, 11) is 0. The van der Waals surface area contributed by atoms with Crippen LogP contribution in [-0.2, 0) is 26.4 Å². The molecule has 3 rings (SSSR count). The lowest BCUT2D eigenvalue weighted by atomic mass is 9.66. The molecule has 2 aromatic rings. The van der Waals surface area contributed by atoms with Crippen molar-refractivity contribution in [1.29, 1.82) is 0 Å². The highest BCUT2D eigenvalue weighted by molar-refractivity contribution is 6.30. The smallest absolute Gasteiger partial charge is 0.245 e. The standard InChI is InChI=1S/C28H36ClN3O4/c1-19(2)25(31-24(34)17-30-23(33)16-20-8-6-5-7-9-20)26(35)32-15-14-28(36,27(3,4)18-32)21-10-12-22(29)13-11-21/h5-13,19,25,36H,14-18H2,1-4H3,(H,30,33)(H,31,34)/t25-,28+/m1/s1. The number of carbonyl (C=O) groups excluding carboxylic acids is 3. The number of rotatable bonds is 8. The second-order valence-electron chi connectivity index (χ2n) is 10.5. The van der Waals surface area contributed by atoms with Crippen LogP contribution in [0.1, 0.15) is 45.2 Å². The molecule has 3 N–H and O–H groups in total. The molecule has 0 unspecified atom stereocenters. The highest BCUT2D eigenvalue weighted by atomic mass is 35.5. The average molecular weight is 514 g/mol. The quantitative estimate of drug-likeness (QED) is 0.504. The molecule has 36 heavy (non-hydrogen) atoms. The molecule has 1 aliphatic heterocycles. The average Bonchev–Trinajstić information content (AvgIpc) is 2.83. The monoisotopic (exact) mass is 513 g/mol. The molecule has 1 saturated heterocycles. The van der Waals surface area contributed by atoms with Gasteiger partial charge in [0.15, 0.2) is 0 Å². The Balaban J connectivity index is 1.60. The molecule has 0 saturated carbocycles. The Hall–Kier alpha value is -2.90. The molecule has 1 aliphatic rings. The van der Waals surface area contributed by atoms with Gasteiger partial charge in [0.2, 0.25) is 17.7 Å². The normalized spacial score (nSPS) is 20.0. The van der Waals surface area contributed by atoms with Crippen LogP contribution in [0.15, 0.2) is 54.6 Å². The summed E-state index contributed by atoms with van der Waals surface area (Å²) in [6.07, 6.45) is 0.543. The molecular formula is C28H36ClN3O4. The van der Waals surface area contributed by atoms with Gasteiger partial charge in [-0.2, -0.15) is 0 Å². The summed E-state index contributed by atoms with van der Waals surface area (Å²) in [4.78, 5) is 40.0. The summed E-state index contributed by atoms with van der Waals surface area (Å²) in [5, 5.41) is 17.6. The van der Waals surface area contributed by atoms with Crippen LogP contribution in [0, 0.1) is 11.3 Å². The van der Waals surface area contributed by atoms with E-state index in [-0.39, 0.29) is 30.7 Å². The number of nitrogens with one attached hydrogen (secondary N) is 2. The summed E-state index contributed by atoms with van der Waals surface area (Å²) in [5.41, 5.74) is -0.125. The summed E-state index contributed by atoms with van der Waals surface area (Å²) in [6, 6.07) is 15.7. The van der Waals surface area contributed by atoms with Crippen molar-refractivity contribution in [2.24, 2.45) is 11.3 Å². The second kappa shape index (κ2) is 11.4. The first-order valence-corrected chi connectivity index (χ1v) is 12.7. The van der Waals surface area contributed by atoms with Gasteiger partial charge in [-0.3, -0.25) is 14.4 Å². The van der Waals surface area contributed by atoms with Crippen molar-refractivity contribution >= 4 is 29.3 Å². The molecule has 0 aliphatic carbocycles. The number of hydrogen-bond donors (Lipinski definition) is 3. The van der Waals surface area contributed by atoms with Crippen molar-refractivity contribution < 1.29 is 19.5 Å². The topological polar surface area (TPSA) is 98.7 Å². The van der Waals surface area contributed by atoms with E-state index in [9.17, 15) is 19.5 Å². The second-order valence-corrected chi connectivity index (χ2v) is 10.9. The van der Waals surface area contributed by atoms with Crippen molar-refractivity contribution in [3.05, 3.63) is 70.7 Å². The lowest BCUT2D eigenvalue weighted by Gasteiger charge is -2.51. The van der Waals surface area contributed by atoms with Crippen LogP contribution in [0.5, 0.6) is 0 Å². The fourth-order valence-electron chi connectivity index (χ4n) is 4.73. The maximum absolute atomic E-state index is 13.5. The van der Waals surface area contributed by atoms with Crippen LogP contribution in [0.25, 0.3) is 0 Å². The van der Waals surface area contributed by atoms with Gasteiger partial charge in [-0.1, -0.05) is 81.8 Å². The summed E-state index contributed by atoms with van der Waals surface area (Å²) in [5.74, 6) is -1.03. The number of carbonyl (C=O) groups is 3. The van der Waals surface area contributed by atoms with E-state index in [2.05, 4.69) is 10.6 Å². The molecule has 3 amide bonds. The van der Waals surface area contributed by atoms with Crippen LogP contribution in [0.2, 0.25) is 5.02 Å².